The minimum absolute atomic E-state index is 0.236. The van der Waals surface area contributed by atoms with Crippen LogP contribution in [0.4, 0.5) is 0 Å². The molecular formula is C40H24O2. The van der Waals surface area contributed by atoms with Crippen molar-refractivity contribution in [1.29, 1.82) is 0 Å². The Morgan fingerprint density at radius 1 is 0.429 bits per heavy atom. The van der Waals surface area contributed by atoms with Gasteiger partial charge < -0.3 is 8.83 Å². The second-order valence-electron chi connectivity index (χ2n) is 9.12. The summed E-state index contributed by atoms with van der Waals surface area (Å²) >= 11 is 0. The number of hydrogen-bond acceptors (Lipinski definition) is 2. The molecule has 0 amide bonds. The van der Waals surface area contributed by atoms with E-state index in [1.54, 1.807) is 0 Å². The van der Waals surface area contributed by atoms with E-state index in [4.69, 9.17) is 32.1 Å². The topological polar surface area (TPSA) is 26.3 Å². The molecule has 0 saturated carbocycles. The smallest absolute Gasteiger partial charge is 0.136 e. The Hall–Kier alpha value is -5.60. The molecule has 0 aliphatic rings. The summed E-state index contributed by atoms with van der Waals surface area (Å²) in [6, 6.07) is -16.5. The lowest BCUT2D eigenvalue weighted by Gasteiger charge is -2.17. The lowest BCUT2D eigenvalue weighted by atomic mass is 9.86. The number of benzene rings is 7. The van der Waals surface area contributed by atoms with Gasteiger partial charge in [-0.1, -0.05) is 115 Å². The normalized spacial score (nSPS) is 19.5. The van der Waals surface area contributed by atoms with E-state index < -0.39 is 211 Å². The fourth-order valence-electron chi connectivity index (χ4n) is 5.25. The second kappa shape index (κ2) is 8.95. The number of furan rings is 2. The predicted octanol–water partition coefficient (Wildman–Crippen LogP) is 11.6. The van der Waals surface area contributed by atoms with Crippen molar-refractivity contribution in [3.05, 3.63) is 145 Å². The van der Waals surface area contributed by atoms with Crippen molar-refractivity contribution in [1.82, 2.24) is 0 Å². The van der Waals surface area contributed by atoms with Crippen LogP contribution in [0.2, 0.25) is 0 Å². The molecule has 0 saturated heterocycles. The van der Waals surface area contributed by atoms with Crippen molar-refractivity contribution in [3.8, 4) is 33.4 Å². The minimum atomic E-state index is -0.871. The fourth-order valence-corrected chi connectivity index (χ4v) is 5.25. The molecule has 0 bridgehead atoms. The van der Waals surface area contributed by atoms with E-state index in [2.05, 4.69) is 0 Å². The van der Waals surface area contributed by atoms with Gasteiger partial charge in [0.25, 0.3) is 0 Å². The Kier molecular flexibility index (Phi) is 2.14. The zero-order valence-electron chi connectivity index (χ0n) is 43.9. The van der Waals surface area contributed by atoms with Crippen molar-refractivity contribution in [2.75, 3.05) is 0 Å². The fraction of sp³-hybridized carbons (Fsp3) is 0. The van der Waals surface area contributed by atoms with Crippen molar-refractivity contribution >= 4 is 54.5 Å². The molecule has 196 valence electrons. The van der Waals surface area contributed by atoms with E-state index in [-0.39, 0.29) is 16.2 Å². The first-order valence-electron chi connectivity index (χ1n) is 23.9. The molecule has 0 radical (unpaired) electrons. The third kappa shape index (κ3) is 3.33. The zero-order valence-corrected chi connectivity index (χ0v) is 20.9. The van der Waals surface area contributed by atoms with Gasteiger partial charge >= 0.3 is 0 Å². The van der Waals surface area contributed by atoms with Gasteiger partial charge in [0.05, 0.1) is 36.4 Å². The zero-order chi connectivity index (χ0) is 47.6. The summed E-state index contributed by atoms with van der Waals surface area (Å²) in [7, 11) is 0. The molecule has 0 aliphatic heterocycles. The number of fused-ring (bicyclic) bond motifs is 7. The first-order valence-corrected chi connectivity index (χ1v) is 12.4. The molecule has 2 heteroatoms. The molecule has 0 spiro atoms. The highest BCUT2D eigenvalue weighted by molar-refractivity contribution is 6.24. The molecular weight excluding hydrogens is 512 g/mol. The highest BCUT2D eigenvalue weighted by Gasteiger charge is 2.20. The van der Waals surface area contributed by atoms with Crippen LogP contribution in [0.15, 0.2) is 154 Å². The van der Waals surface area contributed by atoms with E-state index in [0.29, 0.717) is 0 Å². The average molecular weight is 560 g/mol. The Morgan fingerprint density at radius 3 is 1.62 bits per heavy atom. The van der Waals surface area contributed by atoms with Crippen LogP contribution in [-0.2, 0) is 0 Å². The SMILES string of the molecule is [2H]c1oc2c([2H])c([2H])c3oc4c([2H])c(-c5c6c([2H])c([2H])c([2H])c([2H])c6c(-c6c([2H])c([2H])c([2H])c([2H])c6[2H])c6c([2H])c([2H])c([2H])c([2H])c56)cc([2H])c4c3c2c1-c1c([2H])c([2H])c([2H])c([2H])c1[2H]. The molecule has 2 heterocycles. The average Bonchev–Trinajstić information content (AvgIpc) is 3.85. The van der Waals surface area contributed by atoms with Crippen LogP contribution in [0.3, 0.4) is 0 Å². The minimum Gasteiger partial charge on any atom is -0.464 e. The lowest BCUT2D eigenvalue weighted by molar-refractivity contribution is 0.616. The molecule has 42 heavy (non-hydrogen) atoms. The standard InChI is InChI=1S/C40H24O2/c1-3-11-25(12-4-1)33-24-41-34-21-22-35-39(40(33)34)32-20-19-27(23-36(32)42-35)38-30-17-9-7-15-28(30)37(26-13-5-2-6-14-26)29-16-8-10-18-31(29)38/h1-24H/i1D,2D,3D,4D,5D,6D,7D,8D,9D,10D,11D,12D,13D,14D,15D,16D,17D,18D,20D,21D,22D,23D,24D. The molecule has 9 aromatic rings. The van der Waals surface area contributed by atoms with Gasteiger partial charge in [-0.3, -0.25) is 0 Å². The quantitative estimate of drug-likeness (QED) is 0.201. The van der Waals surface area contributed by atoms with Gasteiger partial charge in [-0.15, -0.1) is 0 Å². The summed E-state index contributed by atoms with van der Waals surface area (Å²) < 4.78 is 214. The van der Waals surface area contributed by atoms with Crippen LogP contribution in [0.1, 0.15) is 31.5 Å². The molecule has 0 N–H and O–H groups in total. The molecule has 2 nitrogen and oxygen atoms in total. The highest BCUT2D eigenvalue weighted by Crippen LogP contribution is 2.46. The first-order chi connectivity index (χ1) is 30.4. The van der Waals surface area contributed by atoms with Gasteiger partial charge in [0, 0.05) is 21.7 Å². The van der Waals surface area contributed by atoms with Crippen molar-refractivity contribution in [2.45, 2.75) is 0 Å². The molecule has 0 unspecified atom stereocenters. The summed E-state index contributed by atoms with van der Waals surface area (Å²) in [5.41, 5.74) is -4.52. The van der Waals surface area contributed by atoms with Crippen molar-refractivity contribution in [3.63, 3.8) is 0 Å². The van der Waals surface area contributed by atoms with E-state index in [9.17, 15) is 8.22 Å². The van der Waals surface area contributed by atoms with Crippen LogP contribution in [0.5, 0.6) is 0 Å². The van der Waals surface area contributed by atoms with Gasteiger partial charge in [-0.2, -0.15) is 0 Å². The van der Waals surface area contributed by atoms with Crippen LogP contribution in [0, 0.1) is 0 Å². The van der Waals surface area contributed by atoms with Crippen molar-refractivity contribution < 1.29 is 40.4 Å². The maximum atomic E-state index is 9.68. The van der Waals surface area contributed by atoms with Gasteiger partial charge in [-0.25, -0.2) is 0 Å². The summed E-state index contributed by atoms with van der Waals surface area (Å²) in [6.07, 6.45) is -0.775. The Morgan fingerprint density at radius 2 is 0.976 bits per heavy atom. The van der Waals surface area contributed by atoms with E-state index in [1.807, 2.05) is 0 Å². The summed E-state index contributed by atoms with van der Waals surface area (Å²) in [5.74, 6) is 0. The second-order valence-corrected chi connectivity index (χ2v) is 9.12. The summed E-state index contributed by atoms with van der Waals surface area (Å²) in [5, 5.41) is -2.98. The van der Waals surface area contributed by atoms with E-state index >= 15 is 0 Å². The third-order valence-corrected chi connectivity index (χ3v) is 6.93. The van der Waals surface area contributed by atoms with Gasteiger partial charge in [0.2, 0.25) is 0 Å². The molecule has 0 atom stereocenters. The van der Waals surface area contributed by atoms with Crippen LogP contribution < -0.4 is 0 Å². The highest BCUT2D eigenvalue weighted by atomic mass is 16.3. The molecule has 2 aromatic heterocycles. The molecule has 7 aromatic carbocycles. The lowest BCUT2D eigenvalue weighted by Crippen LogP contribution is -1.90. The third-order valence-electron chi connectivity index (χ3n) is 6.93. The summed E-state index contributed by atoms with van der Waals surface area (Å²) in [6.45, 7) is 0. The molecule has 9 rings (SSSR count). The van der Waals surface area contributed by atoms with Gasteiger partial charge in [-0.05, 0) is 73.5 Å². The van der Waals surface area contributed by atoms with E-state index in [1.165, 1.54) is 0 Å². The van der Waals surface area contributed by atoms with Gasteiger partial charge in [0.1, 0.15) is 18.1 Å². The molecule has 0 aliphatic carbocycles. The number of hydrogen-bond donors (Lipinski definition) is 0. The van der Waals surface area contributed by atoms with Crippen LogP contribution in [-0.4, -0.2) is 0 Å². The first kappa shape index (κ1) is 10.0. The van der Waals surface area contributed by atoms with Crippen LogP contribution in [0.25, 0.3) is 87.8 Å². The monoisotopic (exact) mass is 559 g/mol. The van der Waals surface area contributed by atoms with Crippen LogP contribution >= 0.6 is 0 Å². The Balaban J connectivity index is 1.54. The Labute approximate surface area is 274 Å². The molecule has 0 fully saturated rings. The maximum absolute atomic E-state index is 9.68. The maximum Gasteiger partial charge on any atom is 0.136 e. The van der Waals surface area contributed by atoms with Gasteiger partial charge in [0.15, 0.2) is 0 Å². The summed E-state index contributed by atoms with van der Waals surface area (Å²) in [4.78, 5) is 0. The van der Waals surface area contributed by atoms with E-state index in [0.717, 1.165) is 6.07 Å². The Bertz CT molecular complexity index is 3620. The predicted molar refractivity (Wildman–Crippen MR) is 175 cm³/mol. The largest absolute Gasteiger partial charge is 0.464 e. The van der Waals surface area contributed by atoms with Crippen molar-refractivity contribution in [2.24, 2.45) is 0 Å². The number of rotatable bonds is 3.